The highest BCUT2D eigenvalue weighted by atomic mass is 35.5. The van der Waals surface area contributed by atoms with Gasteiger partial charge in [-0.25, -0.2) is 9.97 Å². The van der Waals surface area contributed by atoms with E-state index in [1.165, 1.54) is 0 Å². The molecule has 0 saturated carbocycles. The number of carbonyl (C=O) groups excluding carboxylic acids is 1. The van der Waals surface area contributed by atoms with Gasteiger partial charge in [-0.15, -0.1) is 0 Å². The van der Waals surface area contributed by atoms with Gasteiger partial charge in [-0.3, -0.25) is 9.78 Å². The van der Waals surface area contributed by atoms with E-state index >= 15 is 0 Å². The molecule has 0 aliphatic heterocycles. The lowest BCUT2D eigenvalue weighted by Gasteiger charge is -2.26. The molecule has 3 heterocycles. The number of nitrogens with two attached hydrogens (primary N) is 1. The summed E-state index contributed by atoms with van der Waals surface area (Å²) in [6, 6.07) is 3.60. The molecule has 8 heteroatoms. The third-order valence-corrected chi connectivity index (χ3v) is 3.72. The van der Waals surface area contributed by atoms with E-state index in [2.05, 4.69) is 25.3 Å². The van der Waals surface area contributed by atoms with Crippen molar-refractivity contribution in [3.63, 3.8) is 0 Å². The van der Waals surface area contributed by atoms with Crippen molar-refractivity contribution in [2.24, 2.45) is 5.73 Å². The molecule has 0 fully saturated rings. The number of pyridine rings is 1. The van der Waals surface area contributed by atoms with Crippen molar-refractivity contribution in [1.29, 1.82) is 0 Å². The molecule has 0 aromatic carbocycles. The van der Waals surface area contributed by atoms with Gasteiger partial charge in [0, 0.05) is 29.5 Å². The van der Waals surface area contributed by atoms with Crippen LogP contribution in [0.3, 0.4) is 0 Å². The number of aromatic amines is 1. The second-order valence-electron chi connectivity index (χ2n) is 5.64. The van der Waals surface area contributed by atoms with Crippen LogP contribution < -0.4 is 11.1 Å². The molecular formula is C15H15ClN6O. The number of amides is 1. The first-order valence-electron chi connectivity index (χ1n) is 6.91. The van der Waals surface area contributed by atoms with Crippen molar-refractivity contribution in [3.05, 3.63) is 47.3 Å². The first-order valence-corrected chi connectivity index (χ1v) is 7.29. The summed E-state index contributed by atoms with van der Waals surface area (Å²) in [5.74, 6) is 0.111. The van der Waals surface area contributed by atoms with Crippen LogP contribution in [0.2, 0.25) is 5.28 Å². The van der Waals surface area contributed by atoms with Crippen molar-refractivity contribution < 1.29 is 4.79 Å². The zero-order valence-corrected chi connectivity index (χ0v) is 13.3. The van der Waals surface area contributed by atoms with Gasteiger partial charge in [-0.05, 0) is 37.6 Å². The summed E-state index contributed by atoms with van der Waals surface area (Å²) in [6.07, 6.45) is 4.80. The second-order valence-corrected chi connectivity index (χ2v) is 5.98. The van der Waals surface area contributed by atoms with Gasteiger partial charge in [0.2, 0.25) is 5.28 Å². The fourth-order valence-corrected chi connectivity index (χ4v) is 2.50. The van der Waals surface area contributed by atoms with E-state index in [4.69, 9.17) is 17.3 Å². The van der Waals surface area contributed by atoms with Gasteiger partial charge in [0.1, 0.15) is 5.82 Å². The molecule has 1 amide bonds. The largest absolute Gasteiger partial charge is 0.366 e. The van der Waals surface area contributed by atoms with Gasteiger partial charge >= 0.3 is 0 Å². The molecule has 0 aliphatic carbocycles. The van der Waals surface area contributed by atoms with E-state index in [-0.39, 0.29) is 5.28 Å². The Balaban J connectivity index is 1.96. The highest BCUT2D eigenvalue weighted by Gasteiger charge is 2.24. The minimum Gasteiger partial charge on any atom is -0.366 e. The predicted molar refractivity (Wildman–Crippen MR) is 88.3 cm³/mol. The summed E-state index contributed by atoms with van der Waals surface area (Å²) >= 11 is 5.80. The maximum atomic E-state index is 11.4. The standard InChI is InChI=1S/C15H15ClN6O/c1-15(2,22-12-3-4-18-14(16)21-12)11-5-10-8(6-20-11)9(7-19-10)13(17)23/h3-7,19H,1-2H3,(H2,17,23)(H,18,21,22). The van der Waals surface area contributed by atoms with Crippen LogP contribution in [0.25, 0.3) is 10.9 Å². The zero-order valence-electron chi connectivity index (χ0n) is 12.6. The Bertz CT molecular complexity index is 889. The van der Waals surface area contributed by atoms with Crippen LogP contribution in [-0.2, 0) is 5.54 Å². The molecular weight excluding hydrogens is 316 g/mol. The quantitative estimate of drug-likeness (QED) is 0.636. The van der Waals surface area contributed by atoms with Crippen molar-refractivity contribution >= 4 is 34.2 Å². The van der Waals surface area contributed by atoms with Crippen molar-refractivity contribution in [3.8, 4) is 0 Å². The molecule has 3 aromatic rings. The van der Waals surface area contributed by atoms with Crippen molar-refractivity contribution in [2.75, 3.05) is 5.32 Å². The number of halogens is 1. The van der Waals surface area contributed by atoms with Crippen molar-refractivity contribution in [2.45, 2.75) is 19.4 Å². The van der Waals surface area contributed by atoms with Crippen LogP contribution in [-0.4, -0.2) is 25.8 Å². The van der Waals surface area contributed by atoms with Gasteiger partial charge in [0.25, 0.3) is 5.91 Å². The van der Waals surface area contributed by atoms with Crippen LogP contribution in [0, 0.1) is 0 Å². The van der Waals surface area contributed by atoms with E-state index < -0.39 is 11.4 Å². The number of H-pyrrole nitrogens is 1. The SMILES string of the molecule is CC(C)(Nc1ccnc(Cl)n1)c1cc2[nH]cc(C(N)=O)c2cn1. The Kier molecular flexibility index (Phi) is 3.65. The van der Waals surface area contributed by atoms with E-state index in [9.17, 15) is 4.79 Å². The zero-order chi connectivity index (χ0) is 16.6. The van der Waals surface area contributed by atoms with Gasteiger partial charge in [-0.1, -0.05) is 0 Å². The summed E-state index contributed by atoms with van der Waals surface area (Å²) < 4.78 is 0. The molecule has 0 atom stereocenters. The number of nitrogens with one attached hydrogen (secondary N) is 2. The Morgan fingerprint density at radius 2 is 2.17 bits per heavy atom. The first-order chi connectivity index (χ1) is 10.9. The Hall–Kier alpha value is -2.67. The summed E-state index contributed by atoms with van der Waals surface area (Å²) in [6.45, 7) is 3.93. The number of hydrogen-bond acceptors (Lipinski definition) is 5. The number of fused-ring (bicyclic) bond motifs is 1. The van der Waals surface area contributed by atoms with Gasteiger partial charge in [-0.2, -0.15) is 0 Å². The van der Waals surface area contributed by atoms with E-state index in [1.807, 2.05) is 19.9 Å². The number of aromatic nitrogens is 4. The third-order valence-electron chi connectivity index (χ3n) is 3.54. The number of carbonyl (C=O) groups is 1. The molecule has 4 N–H and O–H groups in total. The van der Waals surface area contributed by atoms with Gasteiger partial charge < -0.3 is 16.0 Å². The summed E-state index contributed by atoms with van der Waals surface area (Å²) in [4.78, 5) is 26.8. The Labute approximate surface area is 137 Å². The summed E-state index contributed by atoms with van der Waals surface area (Å²) in [7, 11) is 0. The molecule has 23 heavy (non-hydrogen) atoms. The van der Waals surface area contributed by atoms with E-state index in [1.54, 1.807) is 24.7 Å². The molecule has 3 aromatic heterocycles. The molecule has 3 rings (SSSR count). The normalized spacial score (nSPS) is 11.6. The minimum absolute atomic E-state index is 0.171. The minimum atomic E-state index is -0.510. The Morgan fingerprint density at radius 3 is 2.87 bits per heavy atom. The third kappa shape index (κ3) is 2.95. The Morgan fingerprint density at radius 1 is 1.39 bits per heavy atom. The molecule has 0 radical (unpaired) electrons. The van der Waals surface area contributed by atoms with E-state index in [0.717, 1.165) is 11.2 Å². The maximum absolute atomic E-state index is 11.4. The maximum Gasteiger partial charge on any atom is 0.250 e. The van der Waals surface area contributed by atoms with Gasteiger partial charge in [0.15, 0.2) is 0 Å². The fourth-order valence-electron chi connectivity index (χ4n) is 2.35. The second kappa shape index (κ2) is 5.51. The number of hydrogen-bond donors (Lipinski definition) is 3. The molecule has 0 saturated heterocycles. The topological polar surface area (TPSA) is 110 Å². The average molecular weight is 331 g/mol. The predicted octanol–water partition coefficient (Wildman–Crippen LogP) is 2.45. The lowest BCUT2D eigenvalue weighted by Crippen LogP contribution is -2.29. The molecule has 0 spiro atoms. The van der Waals surface area contributed by atoms with Gasteiger partial charge in [0.05, 0.1) is 16.8 Å². The molecule has 118 valence electrons. The van der Waals surface area contributed by atoms with Crippen LogP contribution in [0.15, 0.2) is 30.7 Å². The van der Waals surface area contributed by atoms with Crippen LogP contribution in [0.1, 0.15) is 29.9 Å². The highest BCUT2D eigenvalue weighted by Crippen LogP contribution is 2.26. The fraction of sp³-hybridized carbons (Fsp3) is 0.200. The number of nitrogens with zero attached hydrogens (tertiary/aromatic N) is 3. The smallest absolute Gasteiger partial charge is 0.250 e. The monoisotopic (exact) mass is 330 g/mol. The average Bonchev–Trinajstić information content (AvgIpc) is 2.89. The first kappa shape index (κ1) is 15.2. The summed E-state index contributed by atoms with van der Waals surface area (Å²) in [5, 5.41) is 4.13. The lowest BCUT2D eigenvalue weighted by molar-refractivity contribution is 0.100. The van der Waals surface area contributed by atoms with Crippen LogP contribution >= 0.6 is 11.6 Å². The molecule has 0 unspecified atom stereocenters. The summed E-state index contributed by atoms with van der Waals surface area (Å²) in [5.41, 5.74) is 6.82. The van der Waals surface area contributed by atoms with Crippen molar-refractivity contribution in [1.82, 2.24) is 19.9 Å². The number of anilines is 1. The molecule has 0 aliphatic rings. The molecule has 0 bridgehead atoms. The highest BCUT2D eigenvalue weighted by molar-refractivity contribution is 6.28. The number of primary amides is 1. The van der Waals surface area contributed by atoms with Crippen LogP contribution in [0.4, 0.5) is 5.82 Å². The number of rotatable bonds is 4. The van der Waals surface area contributed by atoms with E-state index in [0.29, 0.717) is 16.8 Å². The molecule has 7 nitrogen and oxygen atoms in total. The lowest BCUT2D eigenvalue weighted by atomic mass is 9.99. The van der Waals surface area contributed by atoms with Crippen LogP contribution in [0.5, 0.6) is 0 Å².